The lowest BCUT2D eigenvalue weighted by Gasteiger charge is -2.10. The molecule has 1 aliphatic rings. The molecule has 5 heteroatoms. The van der Waals surface area contributed by atoms with Crippen LogP contribution in [0.1, 0.15) is 29.3 Å². The summed E-state index contributed by atoms with van der Waals surface area (Å²) in [7, 11) is 0. The number of amides is 1. The molecule has 18 heavy (non-hydrogen) atoms. The second-order valence-corrected chi connectivity index (χ2v) is 4.36. The maximum Gasteiger partial charge on any atom is 0.338 e. The number of rotatable bonds is 4. The van der Waals surface area contributed by atoms with Crippen LogP contribution in [0.4, 0.5) is 0 Å². The van der Waals surface area contributed by atoms with Crippen molar-refractivity contribution in [2.24, 2.45) is 5.92 Å². The van der Waals surface area contributed by atoms with Gasteiger partial charge in [-0.1, -0.05) is 6.92 Å². The number of nitrogens with one attached hydrogen (secondary N) is 1. The van der Waals surface area contributed by atoms with Gasteiger partial charge in [0.15, 0.2) is 0 Å². The number of nitrogens with zero attached hydrogens (tertiary/aromatic N) is 1. The van der Waals surface area contributed by atoms with Crippen molar-refractivity contribution in [3.8, 4) is 0 Å². The van der Waals surface area contributed by atoms with E-state index in [1.807, 2.05) is 6.92 Å². The zero-order chi connectivity index (χ0) is 13.0. The van der Waals surface area contributed by atoms with Crippen LogP contribution < -0.4 is 5.32 Å². The first-order valence-electron chi connectivity index (χ1n) is 6.07. The number of esters is 1. The molecular formula is C13H16N2O3. The van der Waals surface area contributed by atoms with Crippen molar-refractivity contribution in [1.29, 1.82) is 0 Å². The molecule has 1 N–H and O–H groups in total. The van der Waals surface area contributed by atoms with Crippen LogP contribution in [0, 0.1) is 5.92 Å². The molecule has 1 aliphatic heterocycles. The molecule has 0 spiro atoms. The molecule has 1 aromatic rings. The fraction of sp³-hybridized carbons (Fsp3) is 0.462. The first-order chi connectivity index (χ1) is 8.70. The van der Waals surface area contributed by atoms with Gasteiger partial charge in [0.1, 0.15) is 0 Å². The molecule has 1 unspecified atom stereocenters. The molecule has 1 saturated heterocycles. The van der Waals surface area contributed by atoms with Crippen molar-refractivity contribution in [3.05, 3.63) is 29.6 Å². The van der Waals surface area contributed by atoms with E-state index in [1.165, 1.54) is 0 Å². The predicted molar refractivity (Wildman–Crippen MR) is 65.0 cm³/mol. The van der Waals surface area contributed by atoms with E-state index in [0.717, 1.165) is 12.0 Å². The van der Waals surface area contributed by atoms with E-state index >= 15 is 0 Å². The summed E-state index contributed by atoms with van der Waals surface area (Å²) in [5.74, 6) is -0.226. The molecule has 0 bridgehead atoms. The molecule has 0 saturated carbocycles. The van der Waals surface area contributed by atoms with Crippen LogP contribution in [-0.2, 0) is 16.0 Å². The Hall–Kier alpha value is -1.91. The Balaban J connectivity index is 1.93. The quantitative estimate of drug-likeness (QED) is 0.805. The summed E-state index contributed by atoms with van der Waals surface area (Å²) in [6.07, 6.45) is 4.43. The van der Waals surface area contributed by atoms with Gasteiger partial charge in [-0.05, 0) is 18.1 Å². The molecule has 0 radical (unpaired) electrons. The Morgan fingerprint density at radius 2 is 2.44 bits per heavy atom. The first-order valence-corrected chi connectivity index (χ1v) is 6.07. The third kappa shape index (κ3) is 2.85. The number of carbonyl (C=O) groups is 2. The fourth-order valence-electron chi connectivity index (χ4n) is 1.96. The molecule has 1 atom stereocenters. The van der Waals surface area contributed by atoms with Crippen LogP contribution in [0.5, 0.6) is 0 Å². The van der Waals surface area contributed by atoms with Gasteiger partial charge in [-0.25, -0.2) is 4.79 Å². The minimum atomic E-state index is -0.339. The number of carbonyl (C=O) groups excluding carboxylic acids is 2. The average Bonchev–Trinajstić information content (AvgIpc) is 2.81. The number of pyridine rings is 1. The van der Waals surface area contributed by atoms with Gasteiger partial charge < -0.3 is 10.1 Å². The Labute approximate surface area is 106 Å². The number of aromatic nitrogens is 1. The number of ether oxygens (including phenoxy) is 1. The lowest BCUT2D eigenvalue weighted by Crippen LogP contribution is -2.18. The molecule has 1 aromatic heterocycles. The fourth-order valence-corrected chi connectivity index (χ4v) is 1.96. The van der Waals surface area contributed by atoms with Gasteiger partial charge >= 0.3 is 5.97 Å². The van der Waals surface area contributed by atoms with Gasteiger partial charge in [0, 0.05) is 31.3 Å². The third-order valence-electron chi connectivity index (χ3n) is 3.02. The molecule has 5 nitrogen and oxygen atoms in total. The Kier molecular flexibility index (Phi) is 3.92. The highest BCUT2D eigenvalue weighted by Gasteiger charge is 2.23. The molecule has 2 rings (SSSR count). The largest absolute Gasteiger partial charge is 0.462 e. The summed E-state index contributed by atoms with van der Waals surface area (Å²) in [6.45, 7) is 2.83. The topological polar surface area (TPSA) is 68.3 Å². The normalized spacial score (nSPS) is 18.5. The van der Waals surface area contributed by atoms with E-state index in [0.29, 0.717) is 18.5 Å². The predicted octanol–water partition coefficient (Wildman–Crippen LogP) is 0.937. The van der Waals surface area contributed by atoms with E-state index in [1.54, 1.807) is 18.5 Å². The second kappa shape index (κ2) is 5.62. The van der Waals surface area contributed by atoms with Crippen LogP contribution >= 0.6 is 0 Å². The summed E-state index contributed by atoms with van der Waals surface area (Å²) >= 11 is 0. The van der Waals surface area contributed by atoms with Crippen LogP contribution in [0.3, 0.4) is 0 Å². The van der Waals surface area contributed by atoms with Gasteiger partial charge in [-0.2, -0.15) is 0 Å². The Bertz CT molecular complexity index is 459. The summed E-state index contributed by atoms with van der Waals surface area (Å²) in [5.41, 5.74) is 1.44. The molecule has 96 valence electrons. The minimum absolute atomic E-state index is 0.0224. The molecule has 1 fully saturated rings. The SMILES string of the molecule is CCc1cnccc1C(=O)OCC1CNC(=O)C1. The van der Waals surface area contributed by atoms with Crippen molar-refractivity contribution in [1.82, 2.24) is 10.3 Å². The smallest absolute Gasteiger partial charge is 0.338 e. The van der Waals surface area contributed by atoms with E-state index in [9.17, 15) is 9.59 Å². The number of aryl methyl sites for hydroxylation is 1. The molecule has 0 aliphatic carbocycles. The van der Waals surface area contributed by atoms with Crippen LogP contribution in [0.15, 0.2) is 18.5 Å². The van der Waals surface area contributed by atoms with Crippen molar-refractivity contribution < 1.29 is 14.3 Å². The van der Waals surface area contributed by atoms with Crippen molar-refractivity contribution in [2.45, 2.75) is 19.8 Å². The standard InChI is InChI=1S/C13H16N2O3/c1-2-10-7-14-4-3-11(10)13(17)18-8-9-5-12(16)15-6-9/h3-4,7,9H,2,5-6,8H2,1H3,(H,15,16). The second-order valence-electron chi connectivity index (χ2n) is 4.36. The van der Waals surface area contributed by atoms with Crippen molar-refractivity contribution >= 4 is 11.9 Å². The molecule has 1 amide bonds. The van der Waals surface area contributed by atoms with E-state index in [4.69, 9.17) is 4.74 Å². The third-order valence-corrected chi connectivity index (χ3v) is 3.02. The van der Waals surface area contributed by atoms with Crippen molar-refractivity contribution in [2.75, 3.05) is 13.2 Å². The van der Waals surface area contributed by atoms with Gasteiger partial charge in [0.2, 0.25) is 5.91 Å². The highest BCUT2D eigenvalue weighted by Crippen LogP contribution is 2.13. The maximum absolute atomic E-state index is 11.9. The van der Waals surface area contributed by atoms with Gasteiger partial charge in [0.05, 0.1) is 12.2 Å². The summed E-state index contributed by atoms with van der Waals surface area (Å²) in [6, 6.07) is 1.67. The minimum Gasteiger partial charge on any atom is -0.462 e. The van der Waals surface area contributed by atoms with Gasteiger partial charge in [-0.3, -0.25) is 9.78 Å². The lowest BCUT2D eigenvalue weighted by atomic mass is 10.1. The summed E-state index contributed by atoms with van der Waals surface area (Å²) in [4.78, 5) is 26.9. The molecule has 2 heterocycles. The lowest BCUT2D eigenvalue weighted by molar-refractivity contribution is -0.119. The zero-order valence-corrected chi connectivity index (χ0v) is 10.3. The van der Waals surface area contributed by atoms with E-state index < -0.39 is 0 Å². The number of hydrogen-bond donors (Lipinski definition) is 1. The maximum atomic E-state index is 11.9. The van der Waals surface area contributed by atoms with Crippen LogP contribution in [0.25, 0.3) is 0 Å². The van der Waals surface area contributed by atoms with E-state index in [2.05, 4.69) is 10.3 Å². The summed E-state index contributed by atoms with van der Waals surface area (Å²) in [5, 5.41) is 2.72. The van der Waals surface area contributed by atoms with Gasteiger partial charge in [0.25, 0.3) is 0 Å². The first kappa shape index (κ1) is 12.5. The van der Waals surface area contributed by atoms with Gasteiger partial charge in [-0.15, -0.1) is 0 Å². The Morgan fingerprint density at radius 1 is 1.61 bits per heavy atom. The average molecular weight is 248 g/mol. The van der Waals surface area contributed by atoms with Crippen LogP contribution in [-0.4, -0.2) is 30.0 Å². The highest BCUT2D eigenvalue weighted by molar-refractivity contribution is 5.91. The molecular weight excluding hydrogens is 232 g/mol. The Morgan fingerprint density at radius 3 is 3.11 bits per heavy atom. The highest BCUT2D eigenvalue weighted by atomic mass is 16.5. The summed E-state index contributed by atoms with van der Waals surface area (Å²) < 4.78 is 5.24. The number of hydrogen-bond acceptors (Lipinski definition) is 4. The van der Waals surface area contributed by atoms with E-state index in [-0.39, 0.29) is 24.4 Å². The monoisotopic (exact) mass is 248 g/mol. The molecule has 0 aromatic carbocycles. The zero-order valence-electron chi connectivity index (χ0n) is 10.3. The van der Waals surface area contributed by atoms with Crippen LogP contribution in [0.2, 0.25) is 0 Å². The van der Waals surface area contributed by atoms with Crippen molar-refractivity contribution in [3.63, 3.8) is 0 Å².